The van der Waals surface area contributed by atoms with Crippen molar-refractivity contribution < 1.29 is 14.3 Å². The molecule has 7 nitrogen and oxygen atoms in total. The zero-order valence-electron chi connectivity index (χ0n) is 16.6. The van der Waals surface area contributed by atoms with Crippen molar-refractivity contribution in [3.8, 4) is 16.9 Å². The molecule has 4 rings (SSSR count). The number of β-amino-alcohol motifs (C(OH)–C–C–N with tert-alkyl or cyclic N) is 1. The minimum atomic E-state index is -0.739. The van der Waals surface area contributed by atoms with Gasteiger partial charge in [-0.1, -0.05) is 29.8 Å². The minimum Gasteiger partial charge on any atom is -0.390 e. The molecule has 31 heavy (non-hydrogen) atoms. The smallest absolute Gasteiger partial charge is 0.284 e. The molecule has 2 N–H and O–H groups in total. The Bertz CT molecular complexity index is 1180. The van der Waals surface area contributed by atoms with Gasteiger partial charge in [-0.05, 0) is 43.4 Å². The molecule has 1 saturated heterocycles. The van der Waals surface area contributed by atoms with Gasteiger partial charge in [-0.15, -0.1) is 0 Å². The van der Waals surface area contributed by atoms with E-state index in [1.54, 1.807) is 24.3 Å². The Hall–Kier alpha value is -3.07. The molecule has 1 fully saturated rings. The highest BCUT2D eigenvalue weighted by atomic mass is 35.5. The third-order valence-corrected chi connectivity index (χ3v) is 5.39. The van der Waals surface area contributed by atoms with Crippen molar-refractivity contribution in [2.75, 3.05) is 20.1 Å². The Morgan fingerprint density at radius 3 is 2.58 bits per heavy atom. The molecule has 0 aliphatic carbocycles. The number of amides is 1. The van der Waals surface area contributed by atoms with E-state index in [1.165, 1.54) is 24.3 Å². The number of hydrogen-bond acceptors (Lipinski definition) is 5. The SMILES string of the molecule is CN1CC(O)C(NC(=O)c2cc(-c3ccc(Cl)cc3)nn(-c3cccc(F)c3)c2=O)C1. The Balaban J connectivity index is 1.80. The molecular formula is C22H20ClFN4O3. The first-order chi connectivity index (χ1) is 14.8. The average Bonchev–Trinajstić information content (AvgIpc) is 3.05. The summed E-state index contributed by atoms with van der Waals surface area (Å²) < 4.78 is 14.8. The van der Waals surface area contributed by atoms with Crippen LogP contribution in [0.3, 0.4) is 0 Å². The van der Waals surface area contributed by atoms with Gasteiger partial charge in [0.2, 0.25) is 0 Å². The molecule has 9 heteroatoms. The van der Waals surface area contributed by atoms with Crippen LogP contribution in [0.4, 0.5) is 4.39 Å². The standard InChI is InChI=1S/C22H20ClFN4O3/c1-27-11-19(20(29)12-27)25-21(30)17-10-18(13-5-7-14(23)8-6-13)26-28(22(17)31)16-4-2-3-15(24)9-16/h2-10,19-20,29H,11-12H2,1H3,(H,25,30). The predicted molar refractivity (Wildman–Crippen MR) is 115 cm³/mol. The number of likely N-dealkylation sites (tertiary alicyclic amines) is 1. The van der Waals surface area contributed by atoms with E-state index < -0.39 is 29.4 Å². The Morgan fingerprint density at radius 2 is 1.94 bits per heavy atom. The molecule has 2 atom stereocenters. The molecule has 1 aliphatic heterocycles. The van der Waals surface area contributed by atoms with Crippen LogP contribution >= 0.6 is 11.6 Å². The van der Waals surface area contributed by atoms with Crippen LogP contribution in [0.2, 0.25) is 5.02 Å². The zero-order valence-corrected chi connectivity index (χ0v) is 17.4. The summed E-state index contributed by atoms with van der Waals surface area (Å²) in [7, 11) is 1.83. The molecule has 0 bridgehead atoms. The lowest BCUT2D eigenvalue weighted by Crippen LogP contribution is -2.45. The van der Waals surface area contributed by atoms with E-state index in [2.05, 4.69) is 10.4 Å². The number of aromatic nitrogens is 2. The number of rotatable bonds is 4. The van der Waals surface area contributed by atoms with Crippen LogP contribution < -0.4 is 10.9 Å². The number of hydrogen-bond donors (Lipinski definition) is 2. The number of carbonyl (C=O) groups excluding carboxylic acids is 1. The number of likely N-dealkylation sites (N-methyl/N-ethyl adjacent to an activating group) is 1. The molecule has 2 aromatic carbocycles. The van der Waals surface area contributed by atoms with Gasteiger partial charge in [-0.3, -0.25) is 9.59 Å². The van der Waals surface area contributed by atoms with E-state index in [-0.39, 0.29) is 11.3 Å². The molecule has 1 aromatic heterocycles. The fraction of sp³-hybridized carbons (Fsp3) is 0.227. The van der Waals surface area contributed by atoms with E-state index in [9.17, 15) is 19.1 Å². The van der Waals surface area contributed by atoms with E-state index in [0.29, 0.717) is 29.4 Å². The third kappa shape index (κ3) is 4.51. The van der Waals surface area contributed by atoms with Crippen LogP contribution in [0.5, 0.6) is 0 Å². The minimum absolute atomic E-state index is 0.161. The Labute approximate surface area is 182 Å². The van der Waals surface area contributed by atoms with Crippen LogP contribution in [-0.4, -0.2) is 58.0 Å². The summed E-state index contributed by atoms with van der Waals surface area (Å²) in [5.74, 6) is -1.17. The van der Waals surface area contributed by atoms with Gasteiger partial charge in [-0.25, -0.2) is 4.39 Å². The van der Waals surface area contributed by atoms with E-state index in [0.717, 1.165) is 10.7 Å². The lowest BCUT2D eigenvalue weighted by molar-refractivity contribution is 0.0886. The normalized spacial score (nSPS) is 18.8. The largest absolute Gasteiger partial charge is 0.390 e. The summed E-state index contributed by atoms with van der Waals surface area (Å²) >= 11 is 5.96. The fourth-order valence-corrected chi connectivity index (χ4v) is 3.69. The summed E-state index contributed by atoms with van der Waals surface area (Å²) in [6.45, 7) is 0.880. The molecule has 2 heterocycles. The Kier molecular flexibility index (Phi) is 5.86. The van der Waals surface area contributed by atoms with E-state index in [4.69, 9.17) is 11.6 Å². The topological polar surface area (TPSA) is 87.5 Å². The summed E-state index contributed by atoms with van der Waals surface area (Å²) in [5, 5.41) is 17.7. The number of carbonyl (C=O) groups is 1. The molecule has 2 unspecified atom stereocenters. The van der Waals surface area contributed by atoms with Gasteiger partial charge >= 0.3 is 0 Å². The van der Waals surface area contributed by atoms with Crippen molar-refractivity contribution in [2.24, 2.45) is 0 Å². The Morgan fingerprint density at radius 1 is 1.19 bits per heavy atom. The first-order valence-corrected chi connectivity index (χ1v) is 10.0. The second-order valence-corrected chi connectivity index (χ2v) is 7.95. The van der Waals surface area contributed by atoms with Crippen molar-refractivity contribution in [3.63, 3.8) is 0 Å². The first-order valence-electron chi connectivity index (χ1n) is 9.65. The second kappa shape index (κ2) is 8.58. The van der Waals surface area contributed by atoms with Crippen LogP contribution in [0.15, 0.2) is 59.4 Å². The molecular weight excluding hydrogens is 423 g/mol. The number of nitrogens with zero attached hydrogens (tertiary/aromatic N) is 3. The summed E-state index contributed by atoms with van der Waals surface area (Å²) in [4.78, 5) is 28.0. The van der Waals surface area contributed by atoms with Crippen molar-refractivity contribution >= 4 is 17.5 Å². The highest BCUT2D eigenvalue weighted by Crippen LogP contribution is 2.21. The van der Waals surface area contributed by atoms with Crippen LogP contribution in [0.25, 0.3) is 16.9 Å². The lowest BCUT2D eigenvalue weighted by Gasteiger charge is -2.16. The van der Waals surface area contributed by atoms with Gasteiger partial charge in [0.25, 0.3) is 11.5 Å². The van der Waals surface area contributed by atoms with Crippen LogP contribution in [0, 0.1) is 5.82 Å². The number of aliphatic hydroxyl groups is 1. The summed E-state index contributed by atoms with van der Waals surface area (Å²) in [6, 6.07) is 13.0. The number of aliphatic hydroxyl groups excluding tert-OH is 1. The summed E-state index contributed by atoms with van der Waals surface area (Å²) in [5.41, 5.74) is 0.308. The van der Waals surface area contributed by atoms with Crippen molar-refractivity contribution in [2.45, 2.75) is 12.1 Å². The van der Waals surface area contributed by atoms with Gasteiger partial charge in [0.05, 0.1) is 23.5 Å². The fourth-order valence-electron chi connectivity index (χ4n) is 3.57. The maximum absolute atomic E-state index is 13.8. The molecule has 0 saturated carbocycles. The van der Waals surface area contributed by atoms with Gasteiger partial charge in [0, 0.05) is 23.7 Å². The van der Waals surface area contributed by atoms with E-state index in [1.807, 2.05) is 11.9 Å². The van der Waals surface area contributed by atoms with Crippen LogP contribution in [-0.2, 0) is 0 Å². The summed E-state index contributed by atoms with van der Waals surface area (Å²) in [6.07, 6.45) is -0.739. The maximum Gasteiger partial charge on any atom is 0.284 e. The second-order valence-electron chi connectivity index (χ2n) is 7.52. The molecule has 0 radical (unpaired) electrons. The van der Waals surface area contributed by atoms with Crippen molar-refractivity contribution in [1.82, 2.24) is 20.0 Å². The highest BCUT2D eigenvalue weighted by Gasteiger charge is 2.31. The quantitative estimate of drug-likeness (QED) is 0.646. The highest BCUT2D eigenvalue weighted by molar-refractivity contribution is 6.30. The average molecular weight is 443 g/mol. The number of nitrogens with one attached hydrogen (secondary N) is 1. The van der Waals surface area contributed by atoms with E-state index >= 15 is 0 Å². The molecule has 3 aromatic rings. The van der Waals surface area contributed by atoms with Crippen molar-refractivity contribution in [1.29, 1.82) is 0 Å². The molecule has 160 valence electrons. The van der Waals surface area contributed by atoms with Gasteiger partial charge < -0.3 is 15.3 Å². The van der Waals surface area contributed by atoms with Gasteiger partial charge in [0.1, 0.15) is 11.4 Å². The zero-order chi connectivity index (χ0) is 22.1. The number of benzene rings is 2. The molecule has 1 aliphatic rings. The predicted octanol–water partition coefficient (Wildman–Crippen LogP) is 2.10. The van der Waals surface area contributed by atoms with Crippen LogP contribution in [0.1, 0.15) is 10.4 Å². The first kappa shape index (κ1) is 21.2. The molecule has 0 spiro atoms. The number of halogens is 2. The maximum atomic E-state index is 13.8. The monoisotopic (exact) mass is 442 g/mol. The molecule has 1 amide bonds. The van der Waals surface area contributed by atoms with Crippen molar-refractivity contribution in [3.05, 3.63) is 81.4 Å². The van der Waals surface area contributed by atoms with Gasteiger partial charge in [0.15, 0.2) is 0 Å². The lowest BCUT2D eigenvalue weighted by atomic mass is 10.1. The third-order valence-electron chi connectivity index (χ3n) is 5.14. The van der Waals surface area contributed by atoms with Gasteiger partial charge in [-0.2, -0.15) is 9.78 Å².